The molecule has 0 N–H and O–H groups in total. The third-order valence-electron chi connectivity index (χ3n) is 11.7. The minimum absolute atomic E-state index is 0.0173. The number of fused-ring (bicyclic) bond motifs is 5. The standard InChI is InChI=1S/C34H57NO3/c1-24(2)9-8-10-25(3)29-13-14-30-28-12-11-26-23-27(38-32(36)17-20-35(6)21-22-37-7)15-18-33(26,4)31(28)16-19-34(29,30)5/h11,17,20,24-25,27-31H,8-10,12-16,18-19,21-23H2,1-7H3/t25-,27+,28+,29-,30+,31+,33+,34-/m1/s1. The Kier molecular flexibility index (Phi) is 9.75. The Morgan fingerprint density at radius 2 is 1.89 bits per heavy atom. The van der Waals surface area contributed by atoms with Crippen LogP contribution in [0.4, 0.5) is 0 Å². The van der Waals surface area contributed by atoms with Gasteiger partial charge in [0.05, 0.1) is 6.61 Å². The average Bonchev–Trinajstić information content (AvgIpc) is 3.23. The lowest BCUT2D eigenvalue weighted by molar-refractivity contribution is -0.145. The summed E-state index contributed by atoms with van der Waals surface area (Å²) in [6.45, 7) is 13.9. The van der Waals surface area contributed by atoms with Crippen molar-refractivity contribution in [2.45, 2.75) is 111 Å². The van der Waals surface area contributed by atoms with Gasteiger partial charge in [0.2, 0.25) is 0 Å². The van der Waals surface area contributed by atoms with Crippen molar-refractivity contribution in [3.8, 4) is 0 Å². The summed E-state index contributed by atoms with van der Waals surface area (Å²) in [4.78, 5) is 14.5. The smallest absolute Gasteiger partial charge is 0.332 e. The molecule has 216 valence electrons. The summed E-state index contributed by atoms with van der Waals surface area (Å²) in [7, 11) is 3.64. The zero-order valence-electron chi connectivity index (χ0n) is 25.6. The highest BCUT2D eigenvalue weighted by molar-refractivity contribution is 5.82. The van der Waals surface area contributed by atoms with Gasteiger partial charge in [0, 0.05) is 39.4 Å². The number of likely N-dealkylation sites (N-methyl/N-ethyl adjacent to an activating group) is 1. The highest BCUT2D eigenvalue weighted by Gasteiger charge is 2.59. The van der Waals surface area contributed by atoms with E-state index in [2.05, 4.69) is 40.7 Å². The lowest BCUT2D eigenvalue weighted by Gasteiger charge is -2.58. The lowest BCUT2D eigenvalue weighted by atomic mass is 9.47. The van der Waals surface area contributed by atoms with Gasteiger partial charge in [0.25, 0.3) is 0 Å². The van der Waals surface area contributed by atoms with Crippen molar-refractivity contribution in [3.05, 3.63) is 23.9 Å². The maximum atomic E-state index is 12.5. The van der Waals surface area contributed by atoms with Crippen molar-refractivity contribution in [2.24, 2.45) is 46.3 Å². The van der Waals surface area contributed by atoms with Crippen LogP contribution in [-0.4, -0.2) is 44.3 Å². The Bertz CT molecular complexity index is 864. The number of carbonyl (C=O) groups is 1. The molecule has 0 heterocycles. The maximum absolute atomic E-state index is 12.5. The van der Waals surface area contributed by atoms with Crippen LogP contribution in [0, 0.1) is 46.3 Å². The molecule has 4 nitrogen and oxygen atoms in total. The second-order valence-electron chi connectivity index (χ2n) is 14.4. The molecule has 0 saturated heterocycles. The molecular weight excluding hydrogens is 470 g/mol. The van der Waals surface area contributed by atoms with Crippen LogP contribution in [0.2, 0.25) is 0 Å². The predicted molar refractivity (Wildman–Crippen MR) is 157 cm³/mol. The molecule has 0 radical (unpaired) electrons. The molecule has 0 unspecified atom stereocenters. The van der Waals surface area contributed by atoms with Gasteiger partial charge >= 0.3 is 5.97 Å². The summed E-state index contributed by atoms with van der Waals surface area (Å²) in [5.74, 6) is 4.94. The van der Waals surface area contributed by atoms with E-state index in [-0.39, 0.29) is 12.1 Å². The molecule has 4 rings (SSSR count). The number of hydrogen-bond acceptors (Lipinski definition) is 4. The topological polar surface area (TPSA) is 38.8 Å². The first-order valence-electron chi connectivity index (χ1n) is 15.9. The molecule has 3 fully saturated rings. The van der Waals surface area contributed by atoms with E-state index in [1.807, 2.05) is 11.9 Å². The minimum atomic E-state index is -0.217. The Morgan fingerprint density at radius 3 is 2.63 bits per heavy atom. The Balaban J connectivity index is 1.36. The molecule has 0 bridgehead atoms. The largest absolute Gasteiger partial charge is 0.459 e. The van der Waals surface area contributed by atoms with Crippen LogP contribution in [0.25, 0.3) is 0 Å². The first-order chi connectivity index (χ1) is 18.1. The molecule has 4 aliphatic carbocycles. The molecule has 0 aliphatic heterocycles. The van der Waals surface area contributed by atoms with Crippen molar-refractivity contribution in [3.63, 3.8) is 0 Å². The number of ether oxygens (including phenoxy) is 2. The highest BCUT2D eigenvalue weighted by Crippen LogP contribution is 2.67. The van der Waals surface area contributed by atoms with Crippen molar-refractivity contribution in [2.75, 3.05) is 27.3 Å². The summed E-state index contributed by atoms with van der Waals surface area (Å²) >= 11 is 0. The van der Waals surface area contributed by atoms with Crippen LogP contribution >= 0.6 is 0 Å². The number of nitrogens with zero attached hydrogens (tertiary/aromatic N) is 1. The van der Waals surface area contributed by atoms with Crippen LogP contribution in [0.5, 0.6) is 0 Å². The molecule has 4 heteroatoms. The monoisotopic (exact) mass is 527 g/mol. The number of methoxy groups -OCH3 is 1. The summed E-state index contributed by atoms with van der Waals surface area (Å²) in [5.41, 5.74) is 2.42. The Morgan fingerprint density at radius 1 is 1.11 bits per heavy atom. The fourth-order valence-electron chi connectivity index (χ4n) is 9.45. The number of carbonyl (C=O) groups excluding carboxylic acids is 1. The van der Waals surface area contributed by atoms with Gasteiger partial charge in [-0.1, -0.05) is 65.5 Å². The van der Waals surface area contributed by atoms with Crippen LogP contribution in [0.3, 0.4) is 0 Å². The zero-order chi connectivity index (χ0) is 27.5. The van der Waals surface area contributed by atoms with Crippen LogP contribution in [0.1, 0.15) is 105 Å². The van der Waals surface area contributed by atoms with E-state index in [0.717, 1.165) is 61.3 Å². The number of allylic oxidation sites excluding steroid dienone is 1. The van der Waals surface area contributed by atoms with Gasteiger partial charge in [0.1, 0.15) is 6.10 Å². The molecule has 0 aromatic rings. The van der Waals surface area contributed by atoms with Gasteiger partial charge < -0.3 is 14.4 Å². The third kappa shape index (κ3) is 6.21. The quantitative estimate of drug-likeness (QED) is 0.155. The van der Waals surface area contributed by atoms with E-state index in [4.69, 9.17) is 9.47 Å². The maximum Gasteiger partial charge on any atom is 0.332 e. The molecule has 0 aromatic heterocycles. The Hall–Kier alpha value is -1.29. The van der Waals surface area contributed by atoms with Gasteiger partial charge in [0.15, 0.2) is 0 Å². The zero-order valence-corrected chi connectivity index (χ0v) is 25.6. The van der Waals surface area contributed by atoms with E-state index in [1.54, 1.807) is 25.0 Å². The fourth-order valence-corrected chi connectivity index (χ4v) is 9.45. The first kappa shape index (κ1) is 29.7. The number of rotatable bonds is 11. The molecule has 0 aromatic carbocycles. The van der Waals surface area contributed by atoms with Crippen LogP contribution in [-0.2, 0) is 14.3 Å². The normalized spacial score (nSPS) is 37.4. The fraction of sp³-hybridized carbons (Fsp3) is 0.853. The molecule has 38 heavy (non-hydrogen) atoms. The number of hydrogen-bond donors (Lipinski definition) is 0. The van der Waals surface area contributed by atoms with E-state index in [9.17, 15) is 4.79 Å². The van der Waals surface area contributed by atoms with Crippen LogP contribution < -0.4 is 0 Å². The van der Waals surface area contributed by atoms with Gasteiger partial charge in [-0.25, -0.2) is 4.79 Å². The van der Waals surface area contributed by atoms with Gasteiger partial charge in [-0.15, -0.1) is 0 Å². The number of esters is 1. The van der Waals surface area contributed by atoms with Gasteiger partial charge in [-0.3, -0.25) is 0 Å². The second-order valence-corrected chi connectivity index (χ2v) is 14.4. The molecule has 0 spiro atoms. The summed E-state index contributed by atoms with van der Waals surface area (Å²) < 4.78 is 11.0. The summed E-state index contributed by atoms with van der Waals surface area (Å²) in [5, 5.41) is 0. The van der Waals surface area contributed by atoms with Crippen molar-refractivity contribution < 1.29 is 14.3 Å². The Labute approximate surface area is 234 Å². The van der Waals surface area contributed by atoms with E-state index in [1.165, 1.54) is 51.4 Å². The highest BCUT2D eigenvalue weighted by atomic mass is 16.5. The van der Waals surface area contributed by atoms with Crippen molar-refractivity contribution in [1.29, 1.82) is 0 Å². The SMILES string of the molecule is COCCN(C)C=CC(=O)O[C@H]1CC[C@@]2(C)C(=CC[C@H]3[C@@H]4CC[C@H]([C@H](C)CCCC(C)C)[C@@]4(C)CC[C@@H]32)C1. The van der Waals surface area contributed by atoms with Gasteiger partial charge in [-0.2, -0.15) is 0 Å². The van der Waals surface area contributed by atoms with Gasteiger partial charge in [-0.05, 0) is 91.3 Å². The van der Waals surface area contributed by atoms with E-state index >= 15 is 0 Å². The first-order valence-corrected chi connectivity index (χ1v) is 15.9. The lowest BCUT2D eigenvalue weighted by Crippen LogP contribution is -2.51. The second kappa shape index (κ2) is 12.5. The molecule has 8 atom stereocenters. The summed E-state index contributed by atoms with van der Waals surface area (Å²) in [6, 6.07) is 0. The third-order valence-corrected chi connectivity index (χ3v) is 11.7. The predicted octanol–water partition coefficient (Wildman–Crippen LogP) is 8.03. The summed E-state index contributed by atoms with van der Waals surface area (Å²) in [6.07, 6.45) is 20.2. The van der Waals surface area contributed by atoms with Crippen LogP contribution in [0.15, 0.2) is 23.9 Å². The molecular formula is C34H57NO3. The minimum Gasteiger partial charge on any atom is -0.459 e. The van der Waals surface area contributed by atoms with E-state index < -0.39 is 0 Å². The average molecular weight is 528 g/mol. The molecule has 3 saturated carbocycles. The van der Waals surface area contributed by atoms with Crippen molar-refractivity contribution in [1.82, 2.24) is 4.90 Å². The van der Waals surface area contributed by atoms with E-state index in [0.29, 0.717) is 17.4 Å². The molecule has 4 aliphatic rings. The van der Waals surface area contributed by atoms with Crippen molar-refractivity contribution >= 4 is 5.97 Å². The molecule has 0 amide bonds.